The first-order valence-corrected chi connectivity index (χ1v) is 5.94. The molecule has 13 heavy (non-hydrogen) atoms. The van der Waals surface area contributed by atoms with E-state index in [0.29, 0.717) is 0 Å². The summed E-state index contributed by atoms with van der Waals surface area (Å²) in [5.41, 5.74) is 0. The summed E-state index contributed by atoms with van der Waals surface area (Å²) in [5.74, 6) is -1.09. The molecule has 0 atom stereocenters. The molecule has 1 aliphatic heterocycles. The zero-order chi connectivity index (χ0) is 10.3. The van der Waals surface area contributed by atoms with Crippen LogP contribution in [0.3, 0.4) is 0 Å². The Balaban J connectivity index is 0.000000226. The maximum Gasteiger partial charge on any atom is 0.414 e. The molecule has 0 aromatic rings. The van der Waals surface area contributed by atoms with Crippen LogP contribution < -0.4 is 5.32 Å². The minimum absolute atomic E-state index is 0.773. The number of aliphatic carboxylic acids is 2. The summed E-state index contributed by atoms with van der Waals surface area (Å²) in [4.78, 5) is 18.2. The van der Waals surface area contributed by atoms with Gasteiger partial charge in [0.1, 0.15) is 0 Å². The zero-order valence-electron chi connectivity index (χ0n) is 7.02. The van der Waals surface area contributed by atoms with E-state index >= 15 is 0 Å². The summed E-state index contributed by atoms with van der Waals surface area (Å²) in [5, 5.41) is 18.0. The number of carboxylic acids is 2. The molecule has 0 aliphatic carbocycles. The average molecular weight is 225 g/mol. The fourth-order valence-corrected chi connectivity index (χ4v) is 3.28. The van der Waals surface area contributed by atoms with Crippen LogP contribution in [0.15, 0.2) is 0 Å². The number of hydrogen-bond acceptors (Lipinski definition) is 5. The van der Waals surface area contributed by atoms with E-state index in [1.165, 1.54) is 11.5 Å². The minimum Gasteiger partial charge on any atom is -0.473 e. The van der Waals surface area contributed by atoms with Gasteiger partial charge in [-0.05, 0) is 7.05 Å². The standard InChI is InChI=1S/C4H9NS2.C2H2O4/c1-5-4-2-6-7-3-4;3-1(4)2(5)6/h4-5H,2-3H2,1H3;(H,3,4)(H,5,6). The van der Waals surface area contributed by atoms with Crippen molar-refractivity contribution in [2.24, 2.45) is 0 Å². The van der Waals surface area contributed by atoms with Crippen molar-refractivity contribution < 1.29 is 19.8 Å². The van der Waals surface area contributed by atoms with Crippen LogP contribution in [0.4, 0.5) is 0 Å². The quantitative estimate of drug-likeness (QED) is 0.432. The molecule has 1 fully saturated rings. The molecule has 5 nitrogen and oxygen atoms in total. The van der Waals surface area contributed by atoms with Gasteiger partial charge in [-0.1, -0.05) is 21.6 Å². The molecule has 0 aromatic heterocycles. The van der Waals surface area contributed by atoms with E-state index in [4.69, 9.17) is 19.8 Å². The molecule has 0 saturated carbocycles. The molecule has 0 unspecified atom stereocenters. The highest BCUT2D eigenvalue weighted by atomic mass is 33.1. The lowest BCUT2D eigenvalue weighted by Crippen LogP contribution is -2.26. The summed E-state index contributed by atoms with van der Waals surface area (Å²) < 4.78 is 0. The third-order valence-corrected chi connectivity index (χ3v) is 3.77. The van der Waals surface area contributed by atoms with Gasteiger partial charge in [0, 0.05) is 17.5 Å². The Morgan fingerprint density at radius 3 is 1.77 bits per heavy atom. The van der Waals surface area contributed by atoms with Gasteiger partial charge in [-0.2, -0.15) is 0 Å². The molecular weight excluding hydrogens is 214 g/mol. The van der Waals surface area contributed by atoms with Crippen molar-refractivity contribution in [3.63, 3.8) is 0 Å². The number of carbonyl (C=O) groups is 2. The molecular formula is C6H11NO4S2. The number of hydrogen-bond donors (Lipinski definition) is 3. The van der Waals surface area contributed by atoms with Crippen molar-refractivity contribution >= 4 is 33.5 Å². The summed E-state index contributed by atoms with van der Waals surface area (Å²) in [6.45, 7) is 0. The first kappa shape index (κ1) is 12.6. The van der Waals surface area contributed by atoms with Gasteiger partial charge < -0.3 is 15.5 Å². The van der Waals surface area contributed by atoms with Gasteiger partial charge in [-0.25, -0.2) is 9.59 Å². The lowest BCUT2D eigenvalue weighted by Gasteiger charge is -2.00. The lowest BCUT2D eigenvalue weighted by atomic mass is 10.4. The summed E-state index contributed by atoms with van der Waals surface area (Å²) in [6.07, 6.45) is 0. The predicted molar refractivity (Wildman–Crippen MR) is 53.0 cm³/mol. The van der Waals surface area contributed by atoms with Gasteiger partial charge in [-0.15, -0.1) is 0 Å². The molecule has 0 spiro atoms. The van der Waals surface area contributed by atoms with Crippen molar-refractivity contribution in [2.45, 2.75) is 6.04 Å². The van der Waals surface area contributed by atoms with Crippen LogP contribution in [0, 0.1) is 0 Å². The Morgan fingerprint density at radius 1 is 1.23 bits per heavy atom. The number of rotatable bonds is 1. The van der Waals surface area contributed by atoms with Gasteiger partial charge in [0.05, 0.1) is 0 Å². The summed E-state index contributed by atoms with van der Waals surface area (Å²) >= 11 is 0. The van der Waals surface area contributed by atoms with E-state index in [1.807, 2.05) is 28.6 Å². The minimum atomic E-state index is -1.82. The molecule has 1 aliphatic rings. The van der Waals surface area contributed by atoms with E-state index in [9.17, 15) is 0 Å². The summed E-state index contributed by atoms with van der Waals surface area (Å²) in [6, 6.07) is 0.773. The second kappa shape index (κ2) is 7.05. The van der Waals surface area contributed by atoms with E-state index < -0.39 is 11.9 Å². The smallest absolute Gasteiger partial charge is 0.414 e. The SMILES string of the molecule is CNC1CSSC1.O=C(O)C(=O)O. The van der Waals surface area contributed by atoms with Crippen LogP contribution in [-0.4, -0.2) is 46.7 Å². The number of nitrogens with one attached hydrogen (secondary N) is 1. The molecule has 0 radical (unpaired) electrons. The second-order valence-corrected chi connectivity index (χ2v) is 4.72. The fourth-order valence-electron chi connectivity index (χ4n) is 0.475. The van der Waals surface area contributed by atoms with E-state index in [-0.39, 0.29) is 0 Å². The largest absolute Gasteiger partial charge is 0.473 e. The Hall–Kier alpha value is -0.400. The Morgan fingerprint density at radius 2 is 1.62 bits per heavy atom. The van der Waals surface area contributed by atoms with Crippen molar-refractivity contribution in [3.05, 3.63) is 0 Å². The molecule has 0 bridgehead atoms. The van der Waals surface area contributed by atoms with Crippen LogP contribution in [0.1, 0.15) is 0 Å². The van der Waals surface area contributed by atoms with E-state index in [1.54, 1.807) is 0 Å². The summed E-state index contributed by atoms with van der Waals surface area (Å²) in [7, 11) is 5.95. The highest BCUT2D eigenvalue weighted by Crippen LogP contribution is 2.30. The first-order chi connectivity index (χ1) is 6.07. The van der Waals surface area contributed by atoms with Crippen LogP contribution in [-0.2, 0) is 9.59 Å². The maximum absolute atomic E-state index is 9.10. The topological polar surface area (TPSA) is 86.6 Å². The van der Waals surface area contributed by atoms with Crippen LogP contribution in [0.2, 0.25) is 0 Å². The Bertz CT molecular complexity index is 169. The second-order valence-electron chi connectivity index (χ2n) is 2.16. The van der Waals surface area contributed by atoms with Gasteiger partial charge in [0.15, 0.2) is 0 Å². The monoisotopic (exact) mass is 225 g/mol. The van der Waals surface area contributed by atoms with Crippen molar-refractivity contribution in [1.82, 2.24) is 5.32 Å². The van der Waals surface area contributed by atoms with Crippen LogP contribution in [0.25, 0.3) is 0 Å². The van der Waals surface area contributed by atoms with Gasteiger partial charge in [0.2, 0.25) is 0 Å². The fraction of sp³-hybridized carbons (Fsp3) is 0.667. The highest BCUT2D eigenvalue weighted by molar-refractivity contribution is 8.77. The van der Waals surface area contributed by atoms with E-state index in [0.717, 1.165) is 6.04 Å². The predicted octanol–water partition coefficient (Wildman–Crippen LogP) is 0.125. The lowest BCUT2D eigenvalue weighted by molar-refractivity contribution is -0.159. The molecule has 0 aromatic carbocycles. The Labute approximate surface area is 83.7 Å². The first-order valence-electron chi connectivity index (χ1n) is 3.45. The number of carboxylic acid groups (broad SMARTS) is 2. The molecule has 1 saturated heterocycles. The maximum atomic E-state index is 9.10. The van der Waals surface area contributed by atoms with Crippen molar-refractivity contribution in [3.8, 4) is 0 Å². The molecule has 3 N–H and O–H groups in total. The zero-order valence-corrected chi connectivity index (χ0v) is 8.65. The average Bonchev–Trinajstić information content (AvgIpc) is 2.56. The van der Waals surface area contributed by atoms with Crippen LogP contribution in [0.5, 0.6) is 0 Å². The third kappa shape index (κ3) is 6.73. The van der Waals surface area contributed by atoms with Crippen molar-refractivity contribution in [2.75, 3.05) is 18.6 Å². The Kier molecular flexibility index (Phi) is 6.83. The van der Waals surface area contributed by atoms with Gasteiger partial charge in [-0.3, -0.25) is 0 Å². The molecule has 7 heteroatoms. The highest BCUT2D eigenvalue weighted by Gasteiger charge is 2.12. The van der Waals surface area contributed by atoms with Crippen LogP contribution >= 0.6 is 21.6 Å². The normalized spacial score (nSPS) is 16.1. The van der Waals surface area contributed by atoms with Gasteiger partial charge in [0.25, 0.3) is 0 Å². The molecule has 1 rings (SSSR count). The van der Waals surface area contributed by atoms with E-state index in [2.05, 4.69) is 5.32 Å². The third-order valence-electron chi connectivity index (χ3n) is 1.21. The molecule has 76 valence electrons. The van der Waals surface area contributed by atoms with Crippen molar-refractivity contribution in [1.29, 1.82) is 0 Å². The van der Waals surface area contributed by atoms with Gasteiger partial charge >= 0.3 is 11.9 Å². The molecule has 1 heterocycles. The molecule has 0 amide bonds.